The van der Waals surface area contributed by atoms with Crippen molar-refractivity contribution < 1.29 is 4.74 Å². The number of ether oxygens (including phenoxy) is 1. The van der Waals surface area contributed by atoms with Crippen LogP contribution in [0.1, 0.15) is 51.9 Å². The van der Waals surface area contributed by atoms with E-state index in [-0.39, 0.29) is 24.0 Å². The van der Waals surface area contributed by atoms with Crippen molar-refractivity contribution in [3.8, 4) is 0 Å². The van der Waals surface area contributed by atoms with Crippen LogP contribution in [0.2, 0.25) is 0 Å². The smallest absolute Gasteiger partial charge is 0.191 e. The van der Waals surface area contributed by atoms with Gasteiger partial charge in [0.05, 0.1) is 6.10 Å². The van der Waals surface area contributed by atoms with E-state index in [1.807, 2.05) is 7.05 Å². The summed E-state index contributed by atoms with van der Waals surface area (Å²) in [5.41, 5.74) is 0. The minimum absolute atomic E-state index is 0. The van der Waals surface area contributed by atoms with Gasteiger partial charge in [-0.1, -0.05) is 25.0 Å². The molecule has 1 saturated carbocycles. The fraction of sp³-hybridized carbons (Fsp3) is 0.824. The van der Waals surface area contributed by atoms with Gasteiger partial charge in [-0.3, -0.25) is 4.99 Å². The highest BCUT2D eigenvalue weighted by Gasteiger charge is 2.25. The van der Waals surface area contributed by atoms with E-state index in [0.717, 1.165) is 44.3 Å². The summed E-state index contributed by atoms with van der Waals surface area (Å²) in [5.74, 6) is 1.69. The Morgan fingerprint density at radius 2 is 1.95 bits per heavy atom. The molecule has 22 heavy (non-hydrogen) atoms. The van der Waals surface area contributed by atoms with Crippen molar-refractivity contribution in [2.24, 2.45) is 10.9 Å². The molecule has 0 radical (unpaired) electrons. The second-order valence-corrected chi connectivity index (χ2v) is 6.11. The Hall–Kier alpha value is -0.300. The number of aliphatic imine (C=N–C) groups is 1. The van der Waals surface area contributed by atoms with Crippen molar-refractivity contribution in [3.05, 3.63) is 12.2 Å². The lowest BCUT2D eigenvalue weighted by Gasteiger charge is -2.24. The maximum Gasteiger partial charge on any atom is 0.191 e. The topological polar surface area (TPSA) is 45.6 Å². The van der Waals surface area contributed by atoms with Crippen LogP contribution < -0.4 is 10.6 Å². The van der Waals surface area contributed by atoms with E-state index in [1.165, 1.54) is 25.7 Å². The summed E-state index contributed by atoms with van der Waals surface area (Å²) < 4.78 is 5.96. The van der Waals surface area contributed by atoms with Crippen molar-refractivity contribution in [1.82, 2.24) is 10.6 Å². The monoisotopic (exact) mass is 421 g/mol. The number of hydrogen-bond acceptors (Lipinski definition) is 2. The van der Waals surface area contributed by atoms with E-state index in [9.17, 15) is 0 Å². The quantitative estimate of drug-likeness (QED) is 0.286. The van der Waals surface area contributed by atoms with Crippen LogP contribution in [0.3, 0.4) is 0 Å². The lowest BCUT2D eigenvalue weighted by atomic mass is 9.98. The lowest BCUT2D eigenvalue weighted by molar-refractivity contribution is 0.0169. The maximum absolute atomic E-state index is 5.96. The molecule has 0 aromatic rings. The van der Waals surface area contributed by atoms with Crippen molar-refractivity contribution in [2.45, 2.75) is 64.0 Å². The zero-order chi connectivity index (χ0) is 14.9. The zero-order valence-corrected chi connectivity index (χ0v) is 16.3. The largest absolute Gasteiger partial charge is 0.378 e. The fourth-order valence-corrected chi connectivity index (χ4v) is 3.45. The first-order valence-corrected chi connectivity index (χ1v) is 8.57. The molecule has 0 aromatic carbocycles. The van der Waals surface area contributed by atoms with Gasteiger partial charge in [-0.2, -0.15) is 0 Å². The number of nitrogens with one attached hydrogen (secondary N) is 2. The Morgan fingerprint density at radius 3 is 2.55 bits per heavy atom. The summed E-state index contributed by atoms with van der Waals surface area (Å²) in [7, 11) is 1.84. The molecule has 0 aliphatic heterocycles. The number of guanidine groups is 1. The van der Waals surface area contributed by atoms with Gasteiger partial charge in [0.25, 0.3) is 0 Å². The average molecular weight is 421 g/mol. The van der Waals surface area contributed by atoms with Crippen molar-refractivity contribution >= 4 is 29.9 Å². The average Bonchev–Trinajstić information content (AvgIpc) is 3.18. The molecule has 128 valence electrons. The van der Waals surface area contributed by atoms with E-state index in [1.54, 1.807) is 0 Å². The van der Waals surface area contributed by atoms with Gasteiger partial charge in [-0.15, -0.1) is 24.0 Å². The van der Waals surface area contributed by atoms with Crippen LogP contribution in [-0.4, -0.2) is 38.3 Å². The summed E-state index contributed by atoms with van der Waals surface area (Å²) >= 11 is 0. The number of halogens is 1. The van der Waals surface area contributed by atoms with E-state index in [4.69, 9.17) is 4.74 Å². The fourth-order valence-electron chi connectivity index (χ4n) is 3.45. The van der Waals surface area contributed by atoms with Gasteiger partial charge in [-0.25, -0.2) is 0 Å². The van der Waals surface area contributed by atoms with Crippen LogP contribution in [0.25, 0.3) is 0 Å². The second kappa shape index (κ2) is 11.3. The van der Waals surface area contributed by atoms with Crippen molar-refractivity contribution in [2.75, 3.05) is 20.2 Å². The van der Waals surface area contributed by atoms with E-state index in [2.05, 4.69) is 34.7 Å². The Morgan fingerprint density at radius 1 is 1.27 bits per heavy atom. The third kappa shape index (κ3) is 6.44. The molecule has 2 rings (SSSR count). The van der Waals surface area contributed by atoms with Crippen molar-refractivity contribution in [3.63, 3.8) is 0 Å². The normalized spacial score (nSPS) is 20.9. The molecule has 2 aliphatic rings. The number of nitrogens with zero attached hydrogens (tertiary/aromatic N) is 1. The summed E-state index contributed by atoms with van der Waals surface area (Å²) in [6, 6.07) is 0.508. The van der Waals surface area contributed by atoms with E-state index in [0.29, 0.717) is 12.1 Å². The first kappa shape index (κ1) is 19.7. The minimum Gasteiger partial charge on any atom is -0.378 e. The second-order valence-electron chi connectivity index (χ2n) is 6.11. The van der Waals surface area contributed by atoms with Gasteiger partial charge in [0, 0.05) is 26.2 Å². The van der Waals surface area contributed by atoms with E-state index >= 15 is 0 Å². The Labute approximate surface area is 152 Å². The first-order chi connectivity index (χ1) is 10.3. The van der Waals surface area contributed by atoms with Crippen LogP contribution in [0.15, 0.2) is 17.1 Å². The molecule has 0 bridgehead atoms. The van der Waals surface area contributed by atoms with Crippen LogP contribution in [0.5, 0.6) is 0 Å². The molecule has 2 N–H and O–H groups in total. The molecule has 1 atom stereocenters. The van der Waals surface area contributed by atoms with Crippen LogP contribution in [0, 0.1) is 5.92 Å². The summed E-state index contributed by atoms with van der Waals surface area (Å²) in [5, 5.41) is 6.92. The Bertz CT molecular complexity index is 346. The summed E-state index contributed by atoms with van der Waals surface area (Å²) in [6.45, 7) is 3.85. The molecule has 0 heterocycles. The lowest BCUT2D eigenvalue weighted by Crippen LogP contribution is -2.43. The van der Waals surface area contributed by atoms with Gasteiger partial charge >= 0.3 is 0 Å². The predicted octanol–water partition coefficient (Wildman–Crippen LogP) is 3.47. The van der Waals surface area contributed by atoms with Gasteiger partial charge in [0.1, 0.15) is 0 Å². The molecule has 5 heteroatoms. The first-order valence-electron chi connectivity index (χ1n) is 8.57. The third-order valence-electron chi connectivity index (χ3n) is 4.60. The van der Waals surface area contributed by atoms with Crippen LogP contribution >= 0.6 is 24.0 Å². The molecule has 4 nitrogen and oxygen atoms in total. The molecule has 0 amide bonds. The molecule has 0 aromatic heterocycles. The molecular formula is C17H32IN3O. The minimum atomic E-state index is 0. The van der Waals surface area contributed by atoms with Crippen molar-refractivity contribution in [1.29, 1.82) is 0 Å². The number of rotatable bonds is 7. The molecule has 1 fully saturated rings. The standard InChI is InChI=1S/C17H31N3O.HI/c1-3-21-16(14-8-4-5-9-14)12-13-19-17(18-2)20-15-10-6-7-11-15;/h6-7,14-16H,3-5,8-13H2,1-2H3,(H2,18,19,20);1H. The molecular weight excluding hydrogens is 389 g/mol. The highest BCUT2D eigenvalue weighted by atomic mass is 127. The molecule has 0 spiro atoms. The summed E-state index contributed by atoms with van der Waals surface area (Å²) in [4.78, 5) is 4.32. The number of hydrogen-bond donors (Lipinski definition) is 2. The predicted molar refractivity (Wildman–Crippen MR) is 104 cm³/mol. The Kier molecular flexibility index (Phi) is 10.1. The SMILES string of the molecule is CCOC(CCNC(=NC)NC1CC=CC1)C1CCCC1.I. The maximum atomic E-state index is 5.96. The molecule has 2 aliphatic carbocycles. The zero-order valence-electron chi connectivity index (χ0n) is 14.0. The molecule has 0 saturated heterocycles. The van der Waals surface area contributed by atoms with Gasteiger partial charge in [0.15, 0.2) is 5.96 Å². The van der Waals surface area contributed by atoms with Gasteiger partial charge in [0.2, 0.25) is 0 Å². The van der Waals surface area contributed by atoms with Gasteiger partial charge in [-0.05, 0) is 44.9 Å². The third-order valence-corrected chi connectivity index (χ3v) is 4.60. The highest BCUT2D eigenvalue weighted by Crippen LogP contribution is 2.30. The highest BCUT2D eigenvalue weighted by molar-refractivity contribution is 14.0. The molecule has 1 unspecified atom stereocenters. The van der Waals surface area contributed by atoms with E-state index < -0.39 is 0 Å². The van der Waals surface area contributed by atoms with Crippen LogP contribution in [0.4, 0.5) is 0 Å². The van der Waals surface area contributed by atoms with Crippen LogP contribution in [-0.2, 0) is 4.74 Å². The van der Waals surface area contributed by atoms with Gasteiger partial charge < -0.3 is 15.4 Å². The summed E-state index contributed by atoms with van der Waals surface area (Å²) in [6.07, 6.45) is 13.6. The Balaban J connectivity index is 0.00000242.